The second kappa shape index (κ2) is 8.72. The molecule has 1 fully saturated rings. The van der Waals surface area contributed by atoms with Gasteiger partial charge in [-0.15, -0.1) is 0 Å². The zero-order chi connectivity index (χ0) is 17.5. The Morgan fingerprint density at radius 3 is 2.24 bits per heavy atom. The van der Waals surface area contributed by atoms with Crippen LogP contribution in [-0.4, -0.2) is 25.9 Å². The van der Waals surface area contributed by atoms with E-state index in [1.807, 2.05) is 12.1 Å². The van der Waals surface area contributed by atoms with Gasteiger partial charge in [-0.05, 0) is 54.7 Å². The normalized spacial score (nSPS) is 18.4. The number of hydrogen-bond donors (Lipinski definition) is 1. The third-order valence-electron chi connectivity index (χ3n) is 4.70. The van der Waals surface area contributed by atoms with E-state index in [1.165, 1.54) is 12.0 Å². The maximum Gasteiger partial charge on any atom is 0.118 e. The molecule has 0 aliphatic carbocycles. The first-order valence-electron chi connectivity index (χ1n) is 9.09. The van der Waals surface area contributed by atoms with Crippen LogP contribution in [0.5, 0.6) is 5.75 Å². The average molecular weight is 337 g/mol. The molecule has 3 nitrogen and oxygen atoms in total. The van der Waals surface area contributed by atoms with Crippen LogP contribution in [0.4, 0.5) is 5.69 Å². The van der Waals surface area contributed by atoms with Crippen LogP contribution in [0.1, 0.15) is 37.3 Å². The van der Waals surface area contributed by atoms with Gasteiger partial charge < -0.3 is 14.8 Å². The Morgan fingerprint density at radius 1 is 1.08 bits per heavy atom. The van der Waals surface area contributed by atoms with E-state index in [4.69, 9.17) is 9.47 Å². The van der Waals surface area contributed by atoms with Crippen molar-refractivity contribution in [1.29, 1.82) is 0 Å². The van der Waals surface area contributed by atoms with Gasteiger partial charge in [-0.25, -0.2) is 0 Å². The summed E-state index contributed by atoms with van der Waals surface area (Å²) < 4.78 is 11.0. The lowest BCUT2D eigenvalue weighted by molar-refractivity contribution is 0.0943. The minimum atomic E-state index is 0.347. The molecule has 2 unspecified atom stereocenters. The van der Waals surface area contributed by atoms with E-state index in [0.717, 1.165) is 36.4 Å². The zero-order valence-electron chi connectivity index (χ0n) is 15.1. The van der Waals surface area contributed by atoms with E-state index in [1.54, 1.807) is 7.11 Å². The number of benzene rings is 2. The van der Waals surface area contributed by atoms with Crippen LogP contribution in [0.3, 0.4) is 0 Å². The lowest BCUT2D eigenvalue weighted by Crippen LogP contribution is -2.32. The molecule has 0 radical (unpaired) electrons. The SMILES string of the molecule is CCC(Nc1ccc(C=Cc2ccc(OC)cc2)cc1)C1CCCO1. The molecule has 2 atom stereocenters. The van der Waals surface area contributed by atoms with Gasteiger partial charge in [-0.3, -0.25) is 0 Å². The van der Waals surface area contributed by atoms with Gasteiger partial charge in [0.2, 0.25) is 0 Å². The largest absolute Gasteiger partial charge is 0.497 e. The van der Waals surface area contributed by atoms with Gasteiger partial charge in [0.05, 0.1) is 19.3 Å². The van der Waals surface area contributed by atoms with Crippen molar-refractivity contribution < 1.29 is 9.47 Å². The number of ether oxygens (including phenoxy) is 2. The van der Waals surface area contributed by atoms with Crippen molar-refractivity contribution in [1.82, 2.24) is 0 Å². The van der Waals surface area contributed by atoms with Gasteiger partial charge in [0.1, 0.15) is 5.75 Å². The van der Waals surface area contributed by atoms with Gasteiger partial charge in [0.25, 0.3) is 0 Å². The number of rotatable bonds is 7. The average Bonchev–Trinajstić information content (AvgIpc) is 3.20. The zero-order valence-corrected chi connectivity index (χ0v) is 15.1. The van der Waals surface area contributed by atoms with Crippen molar-refractivity contribution in [3.05, 3.63) is 59.7 Å². The Bertz CT molecular complexity index is 670. The molecule has 1 heterocycles. The monoisotopic (exact) mass is 337 g/mol. The highest BCUT2D eigenvalue weighted by molar-refractivity contribution is 5.70. The Labute approximate surface area is 150 Å². The van der Waals surface area contributed by atoms with Crippen molar-refractivity contribution >= 4 is 17.8 Å². The van der Waals surface area contributed by atoms with Crippen molar-refractivity contribution in [3.63, 3.8) is 0 Å². The highest BCUT2D eigenvalue weighted by Crippen LogP contribution is 2.22. The van der Waals surface area contributed by atoms with Crippen molar-refractivity contribution in [2.24, 2.45) is 0 Å². The third-order valence-corrected chi connectivity index (χ3v) is 4.70. The summed E-state index contributed by atoms with van der Waals surface area (Å²) in [5.74, 6) is 0.879. The topological polar surface area (TPSA) is 30.5 Å². The molecule has 0 spiro atoms. The molecule has 132 valence electrons. The molecule has 0 bridgehead atoms. The quantitative estimate of drug-likeness (QED) is 0.701. The molecule has 3 heteroatoms. The first kappa shape index (κ1) is 17.6. The second-order valence-corrected chi connectivity index (χ2v) is 6.44. The summed E-state index contributed by atoms with van der Waals surface area (Å²) in [7, 11) is 1.68. The molecule has 0 aromatic heterocycles. The summed E-state index contributed by atoms with van der Waals surface area (Å²) in [5, 5.41) is 3.62. The van der Waals surface area contributed by atoms with Crippen molar-refractivity contribution in [2.45, 2.75) is 38.3 Å². The molecule has 25 heavy (non-hydrogen) atoms. The molecule has 0 saturated carbocycles. The summed E-state index contributed by atoms with van der Waals surface area (Å²) in [6, 6.07) is 17.0. The molecule has 3 rings (SSSR count). The van der Waals surface area contributed by atoms with E-state index in [9.17, 15) is 0 Å². The van der Waals surface area contributed by atoms with E-state index in [2.05, 4.69) is 60.8 Å². The summed E-state index contributed by atoms with van der Waals surface area (Å²) >= 11 is 0. The van der Waals surface area contributed by atoms with Crippen LogP contribution in [0.2, 0.25) is 0 Å². The highest BCUT2D eigenvalue weighted by Gasteiger charge is 2.24. The highest BCUT2D eigenvalue weighted by atomic mass is 16.5. The van der Waals surface area contributed by atoms with E-state index < -0.39 is 0 Å². The van der Waals surface area contributed by atoms with Crippen molar-refractivity contribution in [3.8, 4) is 5.75 Å². The second-order valence-electron chi connectivity index (χ2n) is 6.44. The Morgan fingerprint density at radius 2 is 1.72 bits per heavy atom. The fraction of sp³-hybridized carbons (Fsp3) is 0.364. The van der Waals surface area contributed by atoms with Crippen LogP contribution in [0, 0.1) is 0 Å². The van der Waals surface area contributed by atoms with Gasteiger partial charge >= 0.3 is 0 Å². The first-order valence-corrected chi connectivity index (χ1v) is 9.09. The lowest BCUT2D eigenvalue weighted by atomic mass is 10.0. The predicted octanol–water partition coefficient (Wildman–Crippen LogP) is 5.24. The van der Waals surface area contributed by atoms with E-state index in [0.29, 0.717) is 12.1 Å². The summed E-state index contributed by atoms with van der Waals surface area (Å²) in [4.78, 5) is 0. The van der Waals surface area contributed by atoms with Gasteiger partial charge in [-0.1, -0.05) is 43.3 Å². The summed E-state index contributed by atoms with van der Waals surface area (Å²) in [5.41, 5.74) is 3.50. The molecular formula is C22H27NO2. The summed E-state index contributed by atoms with van der Waals surface area (Å²) in [6.07, 6.45) is 8.00. The molecule has 1 saturated heterocycles. The van der Waals surface area contributed by atoms with Crippen molar-refractivity contribution in [2.75, 3.05) is 19.0 Å². The maximum absolute atomic E-state index is 5.82. The van der Waals surface area contributed by atoms with Crippen LogP contribution in [0.15, 0.2) is 48.5 Å². The van der Waals surface area contributed by atoms with Gasteiger partial charge in [0.15, 0.2) is 0 Å². The summed E-state index contributed by atoms with van der Waals surface area (Å²) in [6.45, 7) is 3.11. The Kier molecular flexibility index (Phi) is 6.13. The fourth-order valence-electron chi connectivity index (χ4n) is 3.19. The van der Waals surface area contributed by atoms with E-state index >= 15 is 0 Å². The molecule has 2 aromatic rings. The van der Waals surface area contributed by atoms with Crippen LogP contribution < -0.4 is 10.1 Å². The minimum Gasteiger partial charge on any atom is -0.497 e. The van der Waals surface area contributed by atoms with Crippen LogP contribution >= 0.6 is 0 Å². The lowest BCUT2D eigenvalue weighted by Gasteiger charge is -2.24. The number of nitrogens with one attached hydrogen (secondary N) is 1. The smallest absolute Gasteiger partial charge is 0.118 e. The van der Waals surface area contributed by atoms with E-state index in [-0.39, 0.29) is 0 Å². The maximum atomic E-state index is 5.82. The predicted molar refractivity (Wildman–Crippen MR) is 105 cm³/mol. The Balaban J connectivity index is 1.60. The molecule has 1 aliphatic rings. The van der Waals surface area contributed by atoms with Gasteiger partial charge in [-0.2, -0.15) is 0 Å². The van der Waals surface area contributed by atoms with Gasteiger partial charge in [0, 0.05) is 12.3 Å². The minimum absolute atomic E-state index is 0.347. The number of methoxy groups -OCH3 is 1. The standard InChI is InChI=1S/C22H27NO2/c1-3-21(22-5-4-16-25-22)23-19-12-8-17(9-13-19)6-7-18-10-14-20(24-2)15-11-18/h6-15,21-23H,3-5,16H2,1-2H3. The Hall–Kier alpha value is -2.26. The fourth-order valence-corrected chi connectivity index (χ4v) is 3.19. The number of hydrogen-bond acceptors (Lipinski definition) is 3. The molecule has 1 N–H and O–H groups in total. The third kappa shape index (κ3) is 4.86. The van der Waals surface area contributed by atoms with Crippen LogP contribution in [0.25, 0.3) is 12.2 Å². The first-order chi connectivity index (χ1) is 12.3. The molecule has 2 aromatic carbocycles. The number of anilines is 1. The van der Waals surface area contributed by atoms with Crippen LogP contribution in [-0.2, 0) is 4.74 Å². The molecule has 1 aliphatic heterocycles. The molecular weight excluding hydrogens is 310 g/mol. The molecule has 0 amide bonds.